The summed E-state index contributed by atoms with van der Waals surface area (Å²) in [7, 11) is 0. The Morgan fingerprint density at radius 3 is 2.62 bits per heavy atom. The summed E-state index contributed by atoms with van der Waals surface area (Å²) in [5, 5.41) is 9.73. The van der Waals surface area contributed by atoms with Crippen molar-refractivity contribution in [3.8, 4) is 5.75 Å². The number of carbonyl (C=O) groups excluding carboxylic acids is 1. The fourth-order valence-electron chi connectivity index (χ4n) is 2.45. The summed E-state index contributed by atoms with van der Waals surface area (Å²) in [4.78, 5) is 26.1. The molecule has 0 radical (unpaired) electrons. The van der Waals surface area contributed by atoms with Gasteiger partial charge >= 0.3 is 11.9 Å². The Hall–Kier alpha value is -3.12. The number of nitrogens with one attached hydrogen (secondary N) is 1. The highest BCUT2D eigenvalue weighted by atomic mass is 16.5. The molecule has 0 saturated heterocycles. The van der Waals surface area contributed by atoms with E-state index in [4.69, 9.17) is 15.6 Å². The molecule has 0 aliphatic rings. The van der Waals surface area contributed by atoms with Crippen LogP contribution in [-0.2, 0) is 11.2 Å². The van der Waals surface area contributed by atoms with Crippen molar-refractivity contribution in [2.45, 2.75) is 12.5 Å². The van der Waals surface area contributed by atoms with Crippen LogP contribution in [0.2, 0.25) is 0 Å². The van der Waals surface area contributed by atoms with Crippen LogP contribution in [0.25, 0.3) is 10.9 Å². The lowest BCUT2D eigenvalue weighted by Gasteiger charge is -2.07. The number of hydrogen-bond donors (Lipinski definition) is 3. The Morgan fingerprint density at radius 1 is 1.17 bits per heavy atom. The zero-order valence-corrected chi connectivity index (χ0v) is 12.7. The van der Waals surface area contributed by atoms with E-state index in [0.29, 0.717) is 11.3 Å². The topological polar surface area (TPSA) is 105 Å². The van der Waals surface area contributed by atoms with Gasteiger partial charge < -0.3 is 20.6 Å². The first-order valence-electron chi connectivity index (χ1n) is 7.40. The van der Waals surface area contributed by atoms with Crippen molar-refractivity contribution in [3.05, 3.63) is 65.9 Å². The van der Waals surface area contributed by atoms with Crippen LogP contribution >= 0.6 is 0 Å². The highest BCUT2D eigenvalue weighted by Crippen LogP contribution is 2.25. The van der Waals surface area contributed by atoms with Crippen LogP contribution in [0.5, 0.6) is 5.75 Å². The molecule has 3 rings (SSSR count). The third kappa shape index (κ3) is 3.28. The maximum Gasteiger partial charge on any atom is 0.343 e. The number of carboxylic acid groups (broad SMARTS) is 1. The number of H-pyrrole nitrogens is 1. The van der Waals surface area contributed by atoms with Crippen molar-refractivity contribution >= 4 is 22.8 Å². The average molecular weight is 324 g/mol. The first-order valence-corrected chi connectivity index (χ1v) is 7.40. The molecular formula is C18H16N2O4. The van der Waals surface area contributed by atoms with Gasteiger partial charge in [0, 0.05) is 23.5 Å². The predicted molar refractivity (Wildman–Crippen MR) is 89.0 cm³/mol. The molecule has 0 amide bonds. The number of aromatic amines is 1. The van der Waals surface area contributed by atoms with E-state index in [0.717, 1.165) is 16.5 Å². The van der Waals surface area contributed by atoms with Gasteiger partial charge in [0.1, 0.15) is 11.8 Å². The van der Waals surface area contributed by atoms with Gasteiger partial charge in [-0.05, 0) is 35.9 Å². The van der Waals surface area contributed by atoms with Gasteiger partial charge in [-0.25, -0.2) is 4.79 Å². The molecule has 0 fully saturated rings. The Morgan fingerprint density at radius 2 is 1.92 bits per heavy atom. The van der Waals surface area contributed by atoms with Crippen molar-refractivity contribution in [2.75, 3.05) is 0 Å². The number of ether oxygens (including phenoxy) is 1. The van der Waals surface area contributed by atoms with E-state index in [1.54, 1.807) is 48.7 Å². The molecule has 6 heteroatoms. The van der Waals surface area contributed by atoms with E-state index in [9.17, 15) is 9.59 Å². The molecule has 0 aliphatic carbocycles. The molecular weight excluding hydrogens is 308 g/mol. The maximum absolute atomic E-state index is 12.1. The van der Waals surface area contributed by atoms with E-state index in [2.05, 4.69) is 4.98 Å². The molecule has 122 valence electrons. The summed E-state index contributed by atoms with van der Waals surface area (Å²) in [5.41, 5.74) is 7.64. The van der Waals surface area contributed by atoms with Crippen LogP contribution in [0.3, 0.4) is 0 Å². The number of nitrogens with two attached hydrogens (primary N) is 1. The highest BCUT2D eigenvalue weighted by Gasteiger charge is 2.16. The molecule has 4 N–H and O–H groups in total. The number of aliphatic carboxylic acids is 1. The highest BCUT2D eigenvalue weighted by molar-refractivity contribution is 5.92. The molecule has 0 unspecified atom stereocenters. The Bertz CT molecular complexity index is 886. The van der Waals surface area contributed by atoms with Crippen LogP contribution in [0.1, 0.15) is 15.9 Å². The van der Waals surface area contributed by atoms with Gasteiger partial charge in [-0.15, -0.1) is 0 Å². The van der Waals surface area contributed by atoms with E-state index >= 15 is 0 Å². The number of carbonyl (C=O) groups is 2. The average Bonchev–Trinajstić information content (AvgIpc) is 2.98. The molecule has 1 aromatic heterocycles. The maximum atomic E-state index is 12.1. The number of esters is 1. The number of aromatic nitrogens is 1. The van der Waals surface area contributed by atoms with Crippen molar-refractivity contribution in [3.63, 3.8) is 0 Å². The Kier molecular flexibility index (Phi) is 4.31. The van der Waals surface area contributed by atoms with E-state index in [1.807, 2.05) is 6.07 Å². The molecule has 1 heterocycles. The van der Waals surface area contributed by atoms with Gasteiger partial charge in [0.05, 0.1) is 5.56 Å². The van der Waals surface area contributed by atoms with Gasteiger partial charge in [0.25, 0.3) is 0 Å². The van der Waals surface area contributed by atoms with Crippen LogP contribution < -0.4 is 10.5 Å². The fraction of sp³-hybridized carbons (Fsp3) is 0.111. The van der Waals surface area contributed by atoms with Crippen molar-refractivity contribution in [2.24, 2.45) is 5.73 Å². The Labute approximate surface area is 137 Å². The van der Waals surface area contributed by atoms with Crippen molar-refractivity contribution < 1.29 is 19.4 Å². The minimum atomic E-state index is -1.06. The fourth-order valence-corrected chi connectivity index (χ4v) is 2.45. The first kappa shape index (κ1) is 15.8. The van der Waals surface area contributed by atoms with Crippen LogP contribution in [0.4, 0.5) is 0 Å². The summed E-state index contributed by atoms with van der Waals surface area (Å²) >= 11 is 0. The zero-order chi connectivity index (χ0) is 17.1. The van der Waals surface area contributed by atoms with Crippen LogP contribution in [-0.4, -0.2) is 28.1 Å². The molecule has 6 nitrogen and oxygen atoms in total. The minimum Gasteiger partial charge on any atom is -0.480 e. The minimum absolute atomic E-state index is 0.186. The third-order valence-corrected chi connectivity index (χ3v) is 3.72. The molecule has 1 atom stereocenters. The standard InChI is InChI=1S/C18H16N2O4/c19-15(17(21)22)8-12-10-20-16-7-6-13(9-14(12)16)24-18(23)11-4-2-1-3-5-11/h1-7,9-10,15,20H,8,19H2,(H,21,22)/t15-/m0/s1. The van der Waals surface area contributed by atoms with Gasteiger partial charge in [-0.3, -0.25) is 4.79 Å². The van der Waals surface area contributed by atoms with Crippen LogP contribution in [0.15, 0.2) is 54.7 Å². The van der Waals surface area contributed by atoms with Crippen molar-refractivity contribution in [1.82, 2.24) is 4.98 Å². The van der Waals surface area contributed by atoms with Gasteiger partial charge in [0.15, 0.2) is 0 Å². The van der Waals surface area contributed by atoms with Gasteiger partial charge in [-0.2, -0.15) is 0 Å². The van der Waals surface area contributed by atoms with Crippen LogP contribution in [0, 0.1) is 0 Å². The predicted octanol–water partition coefficient (Wildman–Crippen LogP) is 2.34. The SMILES string of the molecule is N[C@@H](Cc1c[nH]c2ccc(OC(=O)c3ccccc3)cc12)C(=O)O. The zero-order valence-electron chi connectivity index (χ0n) is 12.7. The van der Waals surface area contributed by atoms with E-state index < -0.39 is 18.0 Å². The molecule has 24 heavy (non-hydrogen) atoms. The summed E-state index contributed by atoms with van der Waals surface area (Å²) < 4.78 is 5.38. The molecule has 2 aromatic carbocycles. The summed E-state index contributed by atoms with van der Waals surface area (Å²) in [6, 6.07) is 12.9. The molecule has 0 bridgehead atoms. The second-order valence-corrected chi connectivity index (χ2v) is 5.43. The lowest BCUT2D eigenvalue weighted by Crippen LogP contribution is -2.32. The third-order valence-electron chi connectivity index (χ3n) is 3.72. The number of benzene rings is 2. The molecule has 0 spiro atoms. The summed E-state index contributed by atoms with van der Waals surface area (Å²) in [5.74, 6) is -1.12. The first-order chi connectivity index (χ1) is 11.5. The van der Waals surface area contributed by atoms with E-state index in [-0.39, 0.29) is 6.42 Å². The second kappa shape index (κ2) is 6.55. The molecule has 0 aliphatic heterocycles. The quantitative estimate of drug-likeness (QED) is 0.493. The second-order valence-electron chi connectivity index (χ2n) is 5.43. The molecule has 3 aromatic rings. The lowest BCUT2D eigenvalue weighted by molar-refractivity contribution is -0.138. The van der Waals surface area contributed by atoms with Crippen molar-refractivity contribution in [1.29, 1.82) is 0 Å². The Balaban J connectivity index is 1.85. The number of rotatable bonds is 5. The number of hydrogen-bond acceptors (Lipinski definition) is 4. The smallest absolute Gasteiger partial charge is 0.343 e. The molecule has 0 saturated carbocycles. The van der Waals surface area contributed by atoms with E-state index in [1.165, 1.54) is 0 Å². The normalized spacial score (nSPS) is 12.0. The van der Waals surface area contributed by atoms with Gasteiger partial charge in [-0.1, -0.05) is 18.2 Å². The lowest BCUT2D eigenvalue weighted by atomic mass is 10.1. The summed E-state index contributed by atoms with van der Waals surface area (Å²) in [6.45, 7) is 0. The largest absolute Gasteiger partial charge is 0.480 e. The monoisotopic (exact) mass is 324 g/mol. The number of fused-ring (bicyclic) bond motifs is 1. The summed E-state index contributed by atoms with van der Waals surface area (Å²) in [6.07, 6.45) is 1.90. The van der Waals surface area contributed by atoms with Gasteiger partial charge in [0.2, 0.25) is 0 Å². The number of carboxylic acids is 1.